The van der Waals surface area contributed by atoms with E-state index >= 15 is 0 Å². The molecule has 112 valence electrons. The van der Waals surface area contributed by atoms with Crippen LogP contribution >= 0.6 is 24.0 Å². The molecule has 0 bridgehead atoms. The lowest BCUT2D eigenvalue weighted by molar-refractivity contribution is 0.258. The lowest BCUT2D eigenvalue weighted by atomic mass is 10.2. The number of halogens is 1. The molecule has 0 amide bonds. The van der Waals surface area contributed by atoms with Crippen molar-refractivity contribution in [2.45, 2.75) is 32.0 Å². The molecule has 1 saturated heterocycles. The van der Waals surface area contributed by atoms with Gasteiger partial charge in [0.15, 0.2) is 5.96 Å². The van der Waals surface area contributed by atoms with E-state index in [1.165, 1.54) is 5.56 Å². The molecular weight excluding hydrogens is 363 g/mol. The highest BCUT2D eigenvalue weighted by atomic mass is 127. The molecule has 2 N–H and O–H groups in total. The summed E-state index contributed by atoms with van der Waals surface area (Å²) in [7, 11) is 3.70. The summed E-state index contributed by atoms with van der Waals surface area (Å²) < 4.78 is 0. The first kappa shape index (κ1) is 17.2. The van der Waals surface area contributed by atoms with Crippen LogP contribution < -0.4 is 10.6 Å². The number of likely N-dealkylation sites (tertiary alicyclic amines) is 1. The third kappa shape index (κ3) is 4.63. The standard InChI is InChI=1S/C15H24N4.HI/c1-12-9-14(18-15(16-2)17-3)11-19(12)10-13-7-5-4-6-8-13;/h4-8,12,14H,9-11H2,1-3H3,(H2,16,17,18);1H. The highest BCUT2D eigenvalue weighted by Gasteiger charge is 2.29. The zero-order chi connectivity index (χ0) is 13.7. The highest BCUT2D eigenvalue weighted by Crippen LogP contribution is 2.20. The summed E-state index contributed by atoms with van der Waals surface area (Å²) in [6.07, 6.45) is 1.16. The lowest BCUT2D eigenvalue weighted by Gasteiger charge is -2.21. The fourth-order valence-electron chi connectivity index (χ4n) is 2.68. The second-order valence-corrected chi connectivity index (χ2v) is 5.16. The molecule has 0 saturated carbocycles. The average Bonchev–Trinajstić information content (AvgIpc) is 2.77. The van der Waals surface area contributed by atoms with Crippen molar-refractivity contribution in [1.29, 1.82) is 0 Å². The smallest absolute Gasteiger partial charge is 0.190 e. The van der Waals surface area contributed by atoms with E-state index in [1.807, 2.05) is 7.05 Å². The van der Waals surface area contributed by atoms with Gasteiger partial charge >= 0.3 is 0 Å². The monoisotopic (exact) mass is 388 g/mol. The van der Waals surface area contributed by atoms with Crippen LogP contribution in [0.2, 0.25) is 0 Å². The molecule has 1 aliphatic heterocycles. The summed E-state index contributed by atoms with van der Waals surface area (Å²) in [5, 5.41) is 6.54. The molecule has 4 nitrogen and oxygen atoms in total. The first-order chi connectivity index (χ1) is 9.22. The maximum absolute atomic E-state index is 4.18. The normalized spacial score (nSPS) is 23.2. The van der Waals surface area contributed by atoms with Gasteiger partial charge in [0.1, 0.15) is 0 Å². The van der Waals surface area contributed by atoms with E-state index < -0.39 is 0 Å². The molecule has 1 heterocycles. The van der Waals surface area contributed by atoms with Gasteiger partial charge in [0.25, 0.3) is 0 Å². The van der Waals surface area contributed by atoms with Gasteiger partial charge in [-0.25, -0.2) is 0 Å². The van der Waals surface area contributed by atoms with Crippen LogP contribution in [0.3, 0.4) is 0 Å². The SMILES string of the molecule is CN=C(NC)NC1CC(C)N(Cc2ccccc2)C1.I. The van der Waals surface area contributed by atoms with Crippen molar-refractivity contribution in [1.82, 2.24) is 15.5 Å². The third-order valence-electron chi connectivity index (χ3n) is 3.73. The first-order valence-corrected chi connectivity index (χ1v) is 6.92. The van der Waals surface area contributed by atoms with E-state index in [-0.39, 0.29) is 24.0 Å². The van der Waals surface area contributed by atoms with Crippen LogP contribution in [0.25, 0.3) is 0 Å². The quantitative estimate of drug-likeness (QED) is 0.473. The molecule has 2 unspecified atom stereocenters. The Hall–Kier alpha value is -0.820. The fraction of sp³-hybridized carbons (Fsp3) is 0.533. The maximum atomic E-state index is 4.18. The van der Waals surface area contributed by atoms with Gasteiger partial charge in [-0.1, -0.05) is 30.3 Å². The molecule has 5 heteroatoms. The van der Waals surface area contributed by atoms with Gasteiger partial charge in [0.2, 0.25) is 0 Å². The number of guanidine groups is 1. The van der Waals surface area contributed by atoms with Gasteiger partial charge in [0, 0.05) is 39.3 Å². The molecule has 0 aliphatic carbocycles. The summed E-state index contributed by atoms with van der Waals surface area (Å²) in [4.78, 5) is 6.70. The minimum Gasteiger partial charge on any atom is -0.359 e. The van der Waals surface area contributed by atoms with Crippen LogP contribution in [0.15, 0.2) is 35.3 Å². The number of benzene rings is 1. The first-order valence-electron chi connectivity index (χ1n) is 6.92. The second-order valence-electron chi connectivity index (χ2n) is 5.16. The molecule has 0 spiro atoms. The van der Waals surface area contributed by atoms with E-state index in [0.29, 0.717) is 12.1 Å². The van der Waals surface area contributed by atoms with E-state index in [2.05, 4.69) is 57.8 Å². The zero-order valence-electron chi connectivity index (χ0n) is 12.5. The molecule has 1 aliphatic rings. The molecule has 1 aromatic carbocycles. The number of aliphatic imine (C=N–C) groups is 1. The van der Waals surface area contributed by atoms with Crippen molar-refractivity contribution in [3.05, 3.63) is 35.9 Å². The van der Waals surface area contributed by atoms with Gasteiger partial charge < -0.3 is 10.6 Å². The van der Waals surface area contributed by atoms with Crippen molar-refractivity contribution in [3.8, 4) is 0 Å². The predicted octanol–water partition coefficient (Wildman–Crippen LogP) is 2.06. The Morgan fingerprint density at radius 1 is 1.35 bits per heavy atom. The lowest BCUT2D eigenvalue weighted by Crippen LogP contribution is -2.43. The van der Waals surface area contributed by atoms with E-state index in [0.717, 1.165) is 25.5 Å². The summed E-state index contributed by atoms with van der Waals surface area (Å²) >= 11 is 0. The Kier molecular flexibility index (Phi) is 7.29. The highest BCUT2D eigenvalue weighted by molar-refractivity contribution is 14.0. The molecular formula is C15H25IN4. The van der Waals surface area contributed by atoms with Crippen molar-refractivity contribution in [2.75, 3.05) is 20.6 Å². The Labute approximate surface area is 139 Å². The second kappa shape index (κ2) is 8.46. The van der Waals surface area contributed by atoms with Crippen LogP contribution in [0.5, 0.6) is 0 Å². The van der Waals surface area contributed by atoms with Gasteiger partial charge in [-0.05, 0) is 18.9 Å². The van der Waals surface area contributed by atoms with Crippen molar-refractivity contribution in [3.63, 3.8) is 0 Å². The maximum Gasteiger partial charge on any atom is 0.190 e. The Bertz CT molecular complexity index is 421. The largest absolute Gasteiger partial charge is 0.359 e. The van der Waals surface area contributed by atoms with Crippen LogP contribution in [0.4, 0.5) is 0 Å². The average molecular weight is 388 g/mol. The molecule has 0 aromatic heterocycles. The fourth-order valence-corrected chi connectivity index (χ4v) is 2.68. The van der Waals surface area contributed by atoms with Gasteiger partial charge in [0.05, 0.1) is 0 Å². The Morgan fingerprint density at radius 2 is 2.05 bits per heavy atom. The number of nitrogens with zero attached hydrogens (tertiary/aromatic N) is 2. The Morgan fingerprint density at radius 3 is 2.65 bits per heavy atom. The Balaban J connectivity index is 0.00000200. The summed E-state index contributed by atoms with van der Waals surface area (Å²) in [6.45, 7) is 4.39. The summed E-state index contributed by atoms with van der Waals surface area (Å²) in [6, 6.07) is 11.7. The van der Waals surface area contributed by atoms with Crippen LogP contribution in [0.1, 0.15) is 18.9 Å². The molecule has 2 rings (SSSR count). The molecule has 1 aromatic rings. The number of nitrogens with one attached hydrogen (secondary N) is 2. The van der Waals surface area contributed by atoms with Gasteiger partial charge in [-0.15, -0.1) is 24.0 Å². The van der Waals surface area contributed by atoms with Gasteiger partial charge in [-0.2, -0.15) is 0 Å². The number of hydrogen-bond acceptors (Lipinski definition) is 2. The molecule has 2 atom stereocenters. The van der Waals surface area contributed by atoms with Crippen molar-refractivity contribution in [2.24, 2.45) is 4.99 Å². The van der Waals surface area contributed by atoms with Crippen molar-refractivity contribution < 1.29 is 0 Å². The van der Waals surface area contributed by atoms with E-state index in [9.17, 15) is 0 Å². The van der Waals surface area contributed by atoms with Crippen LogP contribution in [-0.2, 0) is 6.54 Å². The molecule has 0 radical (unpaired) electrons. The number of rotatable bonds is 3. The summed E-state index contributed by atoms with van der Waals surface area (Å²) in [5.41, 5.74) is 1.38. The predicted molar refractivity (Wildman–Crippen MR) is 95.7 cm³/mol. The van der Waals surface area contributed by atoms with Crippen LogP contribution in [-0.4, -0.2) is 43.6 Å². The van der Waals surface area contributed by atoms with Crippen LogP contribution in [0, 0.1) is 0 Å². The third-order valence-corrected chi connectivity index (χ3v) is 3.73. The minimum absolute atomic E-state index is 0. The molecule has 1 fully saturated rings. The van der Waals surface area contributed by atoms with E-state index in [4.69, 9.17) is 0 Å². The zero-order valence-corrected chi connectivity index (χ0v) is 14.8. The van der Waals surface area contributed by atoms with Crippen molar-refractivity contribution >= 4 is 29.9 Å². The van der Waals surface area contributed by atoms with Gasteiger partial charge in [-0.3, -0.25) is 9.89 Å². The topological polar surface area (TPSA) is 39.7 Å². The molecule has 20 heavy (non-hydrogen) atoms. The number of hydrogen-bond donors (Lipinski definition) is 2. The summed E-state index contributed by atoms with van der Waals surface area (Å²) in [5.74, 6) is 0.874. The minimum atomic E-state index is 0. The van der Waals surface area contributed by atoms with E-state index in [1.54, 1.807) is 7.05 Å².